The highest BCUT2D eigenvalue weighted by atomic mass is 16.5. The Morgan fingerprint density at radius 1 is 1.12 bits per heavy atom. The summed E-state index contributed by atoms with van der Waals surface area (Å²) in [5, 5.41) is 12.2. The molecule has 132 valence electrons. The number of nitrogens with one attached hydrogen (secondary N) is 1. The van der Waals surface area contributed by atoms with Gasteiger partial charge in [0, 0.05) is 28.6 Å². The summed E-state index contributed by atoms with van der Waals surface area (Å²) in [5.74, 6) is 1.18. The van der Waals surface area contributed by atoms with Crippen molar-refractivity contribution in [2.75, 3.05) is 14.2 Å². The van der Waals surface area contributed by atoms with Gasteiger partial charge in [0.05, 0.1) is 25.9 Å². The zero-order valence-corrected chi connectivity index (χ0v) is 14.7. The first-order valence-corrected chi connectivity index (χ1v) is 8.48. The van der Waals surface area contributed by atoms with Gasteiger partial charge in [0.1, 0.15) is 0 Å². The Morgan fingerprint density at radius 2 is 1.88 bits per heavy atom. The van der Waals surface area contributed by atoms with E-state index in [-0.39, 0.29) is 5.91 Å². The Kier molecular flexibility index (Phi) is 4.16. The molecule has 1 amide bonds. The summed E-state index contributed by atoms with van der Waals surface area (Å²) in [6.45, 7) is 0. The molecule has 0 saturated heterocycles. The maximum absolute atomic E-state index is 12.4. The van der Waals surface area contributed by atoms with Crippen molar-refractivity contribution in [3.05, 3.63) is 48.2 Å². The summed E-state index contributed by atoms with van der Waals surface area (Å²) < 4.78 is 10.7. The van der Waals surface area contributed by atoms with Crippen molar-refractivity contribution >= 4 is 16.8 Å². The fourth-order valence-corrected chi connectivity index (χ4v) is 2.94. The van der Waals surface area contributed by atoms with Crippen molar-refractivity contribution in [1.82, 2.24) is 15.5 Å². The number of fused-ring (bicyclic) bond motifs is 1. The van der Waals surface area contributed by atoms with Crippen molar-refractivity contribution < 1.29 is 14.3 Å². The van der Waals surface area contributed by atoms with Crippen LogP contribution in [0, 0.1) is 0 Å². The second-order valence-corrected chi connectivity index (χ2v) is 6.31. The van der Waals surface area contributed by atoms with Gasteiger partial charge in [-0.25, -0.2) is 0 Å². The number of carbonyl (C=O) groups excluding carboxylic acids is 1. The van der Waals surface area contributed by atoms with E-state index in [2.05, 4.69) is 15.5 Å². The molecule has 0 atom stereocenters. The zero-order valence-electron chi connectivity index (χ0n) is 14.7. The van der Waals surface area contributed by atoms with Crippen LogP contribution in [-0.4, -0.2) is 36.4 Å². The molecule has 6 nitrogen and oxygen atoms in total. The summed E-state index contributed by atoms with van der Waals surface area (Å²) in [5.41, 5.74) is 3.13. The van der Waals surface area contributed by atoms with Gasteiger partial charge in [-0.2, -0.15) is 10.2 Å². The molecule has 26 heavy (non-hydrogen) atoms. The molecule has 1 N–H and O–H groups in total. The van der Waals surface area contributed by atoms with Crippen LogP contribution in [0.3, 0.4) is 0 Å². The van der Waals surface area contributed by atoms with Gasteiger partial charge < -0.3 is 14.8 Å². The summed E-state index contributed by atoms with van der Waals surface area (Å²) >= 11 is 0. The van der Waals surface area contributed by atoms with Crippen molar-refractivity contribution in [3.63, 3.8) is 0 Å². The minimum Gasteiger partial charge on any atom is -0.493 e. The minimum absolute atomic E-state index is 0.0417. The third kappa shape index (κ3) is 3.06. The normalized spacial score (nSPS) is 13.5. The molecule has 0 spiro atoms. The number of carbonyl (C=O) groups is 1. The molecule has 1 aliphatic rings. The maximum atomic E-state index is 12.4. The van der Waals surface area contributed by atoms with E-state index in [1.807, 2.05) is 30.3 Å². The average Bonchev–Trinajstić information content (AvgIpc) is 3.50. The molecule has 0 unspecified atom stereocenters. The van der Waals surface area contributed by atoms with E-state index >= 15 is 0 Å². The van der Waals surface area contributed by atoms with Crippen molar-refractivity contribution in [3.8, 4) is 22.6 Å². The van der Waals surface area contributed by atoms with Gasteiger partial charge in [-0.3, -0.25) is 4.79 Å². The second-order valence-electron chi connectivity index (χ2n) is 6.31. The number of rotatable bonds is 5. The molecule has 1 heterocycles. The number of benzene rings is 2. The van der Waals surface area contributed by atoms with Crippen LogP contribution in [0.4, 0.5) is 0 Å². The minimum atomic E-state index is -0.0417. The fraction of sp³-hybridized carbons (Fsp3) is 0.250. The van der Waals surface area contributed by atoms with Crippen molar-refractivity contribution in [1.29, 1.82) is 0 Å². The molecule has 4 rings (SSSR count). The monoisotopic (exact) mass is 349 g/mol. The Labute approximate surface area is 151 Å². The molecule has 0 bridgehead atoms. The van der Waals surface area contributed by atoms with Gasteiger partial charge in [-0.1, -0.05) is 12.1 Å². The van der Waals surface area contributed by atoms with Crippen molar-refractivity contribution in [2.24, 2.45) is 0 Å². The summed E-state index contributed by atoms with van der Waals surface area (Å²) in [6.07, 6.45) is 3.82. The molecule has 2 aromatic carbocycles. The number of ether oxygens (including phenoxy) is 2. The van der Waals surface area contributed by atoms with Crippen LogP contribution in [0.1, 0.15) is 23.2 Å². The molecule has 3 aromatic rings. The third-order valence-corrected chi connectivity index (χ3v) is 4.49. The van der Waals surface area contributed by atoms with E-state index in [0.717, 1.165) is 29.4 Å². The number of methoxy groups -OCH3 is 2. The zero-order chi connectivity index (χ0) is 18.1. The first-order chi connectivity index (χ1) is 12.7. The average molecular weight is 349 g/mol. The first kappa shape index (κ1) is 16.3. The molecule has 6 heteroatoms. The fourth-order valence-electron chi connectivity index (χ4n) is 2.94. The smallest absolute Gasteiger partial charge is 0.251 e. The Balaban J connectivity index is 1.79. The highest BCUT2D eigenvalue weighted by molar-refractivity contribution is 5.99. The Morgan fingerprint density at radius 3 is 2.62 bits per heavy atom. The Bertz CT molecular complexity index is 983. The van der Waals surface area contributed by atoms with Gasteiger partial charge in [-0.15, -0.1) is 0 Å². The second kappa shape index (κ2) is 6.63. The third-order valence-electron chi connectivity index (χ3n) is 4.49. The quantitative estimate of drug-likeness (QED) is 0.766. The largest absolute Gasteiger partial charge is 0.493 e. The molecule has 1 saturated carbocycles. The van der Waals surface area contributed by atoms with Gasteiger partial charge in [0.2, 0.25) is 0 Å². The van der Waals surface area contributed by atoms with Crippen LogP contribution in [0.15, 0.2) is 42.6 Å². The van der Waals surface area contributed by atoms with E-state index in [1.165, 1.54) is 0 Å². The predicted octanol–water partition coefficient (Wildman–Crippen LogP) is 3.21. The van der Waals surface area contributed by atoms with E-state index in [0.29, 0.717) is 28.6 Å². The lowest BCUT2D eigenvalue weighted by Gasteiger charge is -2.12. The predicted molar refractivity (Wildman–Crippen MR) is 98.6 cm³/mol. The number of aromatic nitrogens is 2. The van der Waals surface area contributed by atoms with Crippen molar-refractivity contribution in [2.45, 2.75) is 18.9 Å². The number of hydrogen-bond donors (Lipinski definition) is 1. The lowest BCUT2D eigenvalue weighted by atomic mass is 10.00. The summed E-state index contributed by atoms with van der Waals surface area (Å²) in [4.78, 5) is 12.4. The molecule has 0 aliphatic heterocycles. The van der Waals surface area contributed by atoms with Crippen LogP contribution in [0.5, 0.6) is 11.5 Å². The van der Waals surface area contributed by atoms with Crippen LogP contribution in [0.25, 0.3) is 22.0 Å². The summed E-state index contributed by atoms with van der Waals surface area (Å²) in [7, 11) is 3.18. The number of hydrogen-bond acceptors (Lipinski definition) is 5. The summed E-state index contributed by atoms with van der Waals surface area (Å²) in [6, 6.07) is 11.5. The molecule has 1 aromatic heterocycles. The van der Waals surface area contributed by atoms with Gasteiger partial charge in [0.15, 0.2) is 11.5 Å². The number of amides is 1. The maximum Gasteiger partial charge on any atom is 0.251 e. The molecule has 1 fully saturated rings. The number of nitrogens with zero attached hydrogens (tertiary/aromatic N) is 2. The lowest BCUT2D eigenvalue weighted by molar-refractivity contribution is 0.0951. The van der Waals surface area contributed by atoms with Crippen LogP contribution in [-0.2, 0) is 0 Å². The molecular weight excluding hydrogens is 330 g/mol. The highest BCUT2D eigenvalue weighted by Crippen LogP contribution is 2.35. The van der Waals surface area contributed by atoms with Gasteiger partial charge in [-0.05, 0) is 36.6 Å². The highest BCUT2D eigenvalue weighted by Gasteiger charge is 2.24. The van der Waals surface area contributed by atoms with Crippen LogP contribution >= 0.6 is 0 Å². The lowest BCUT2D eigenvalue weighted by Crippen LogP contribution is -2.25. The first-order valence-electron chi connectivity index (χ1n) is 8.48. The van der Waals surface area contributed by atoms with Crippen LogP contribution in [0.2, 0.25) is 0 Å². The molecular formula is C20H19N3O3. The van der Waals surface area contributed by atoms with E-state index in [4.69, 9.17) is 9.47 Å². The molecule has 0 radical (unpaired) electrons. The SMILES string of the molecule is COc1cc2nncc(-c3cccc(C(=O)NC4CC4)c3)c2cc1OC. The Hall–Kier alpha value is -3.15. The van der Waals surface area contributed by atoms with E-state index < -0.39 is 0 Å². The van der Waals surface area contributed by atoms with E-state index in [1.54, 1.807) is 26.5 Å². The standard InChI is InChI=1S/C20H19N3O3/c1-25-18-9-15-16(11-21-23-17(15)10-19(18)26-2)12-4-3-5-13(8-12)20(24)22-14-6-7-14/h3-5,8-11,14H,6-7H2,1-2H3,(H,22,24). The molecule has 1 aliphatic carbocycles. The topological polar surface area (TPSA) is 73.3 Å². The van der Waals surface area contributed by atoms with E-state index in [9.17, 15) is 4.79 Å². The van der Waals surface area contributed by atoms with Crippen LogP contribution < -0.4 is 14.8 Å². The van der Waals surface area contributed by atoms with Gasteiger partial charge in [0.25, 0.3) is 5.91 Å². The van der Waals surface area contributed by atoms with Gasteiger partial charge >= 0.3 is 0 Å².